The minimum atomic E-state index is -3.81. The van der Waals surface area contributed by atoms with Crippen molar-refractivity contribution in [2.45, 2.75) is 4.90 Å². The Morgan fingerprint density at radius 1 is 1.54 bits per heavy atom. The predicted molar refractivity (Wildman–Crippen MR) is 51.5 cm³/mol. The molecule has 0 aromatic carbocycles. The molecule has 0 spiro atoms. The predicted octanol–water partition coefficient (Wildman–Crippen LogP) is -0.637. The number of hydrogen-bond acceptors (Lipinski definition) is 4. The number of pyridine rings is 1. The molecule has 1 rings (SSSR count). The second-order valence-electron chi connectivity index (χ2n) is 2.26. The van der Waals surface area contributed by atoms with E-state index in [1.54, 1.807) is 0 Å². The highest BCUT2D eigenvalue weighted by molar-refractivity contribution is 7.89. The Labute approximate surface area is 80.8 Å². The van der Waals surface area contributed by atoms with Crippen LogP contribution in [-0.4, -0.2) is 18.4 Å². The van der Waals surface area contributed by atoms with E-state index in [4.69, 9.17) is 10.9 Å². The second kappa shape index (κ2) is 3.36. The molecule has 1 aromatic rings. The number of hydrogen-bond donors (Lipinski definition) is 2. The summed E-state index contributed by atoms with van der Waals surface area (Å²) in [6.07, 6.45) is 1.39. The molecule has 0 saturated heterocycles. The fourth-order valence-corrected chi connectivity index (χ4v) is 1.73. The molecule has 0 aliphatic heterocycles. The minimum absolute atomic E-state index is 0.0278. The van der Waals surface area contributed by atoms with E-state index < -0.39 is 10.0 Å². The number of aromatic nitrogens is 1. The van der Waals surface area contributed by atoms with E-state index in [9.17, 15) is 8.42 Å². The first-order valence-corrected chi connectivity index (χ1v) is 5.16. The minimum Gasteiger partial charge on any atom is -0.388 e. The lowest BCUT2D eigenvalue weighted by molar-refractivity contribution is 0.597. The van der Waals surface area contributed by atoms with Gasteiger partial charge < -0.3 is 5.73 Å². The summed E-state index contributed by atoms with van der Waals surface area (Å²) in [6, 6.07) is 2.75. The molecule has 5 nitrogen and oxygen atoms in total. The maximum Gasteiger partial charge on any atom is 0.240 e. The van der Waals surface area contributed by atoms with Gasteiger partial charge in [-0.15, -0.1) is 0 Å². The molecule has 0 bridgehead atoms. The van der Waals surface area contributed by atoms with Gasteiger partial charge in [0, 0.05) is 6.20 Å². The first-order chi connectivity index (χ1) is 5.93. The fraction of sp³-hybridized carbons (Fsp3) is 0. The summed E-state index contributed by atoms with van der Waals surface area (Å²) in [5.74, 6) is 0. The maximum atomic E-state index is 11.0. The van der Waals surface area contributed by atoms with E-state index in [0.717, 1.165) is 0 Å². The van der Waals surface area contributed by atoms with Crippen LogP contribution in [0.25, 0.3) is 0 Å². The number of primary sulfonamides is 1. The summed E-state index contributed by atoms with van der Waals surface area (Å²) >= 11 is 4.61. The zero-order chi connectivity index (χ0) is 10.1. The van der Waals surface area contributed by atoms with Crippen molar-refractivity contribution in [3.63, 3.8) is 0 Å². The van der Waals surface area contributed by atoms with Crippen molar-refractivity contribution in [2.75, 3.05) is 0 Å². The smallest absolute Gasteiger partial charge is 0.240 e. The molecule has 0 aliphatic rings. The van der Waals surface area contributed by atoms with Crippen molar-refractivity contribution in [3.05, 3.63) is 24.0 Å². The van der Waals surface area contributed by atoms with E-state index in [2.05, 4.69) is 17.2 Å². The number of nitrogens with zero attached hydrogens (tertiary/aromatic N) is 1. The standard InChI is InChI=1S/C6H7N3O2S2/c7-6(12)5-4(13(8,10)11)2-1-3-9-5/h1-3H,(H2,7,12)(H2,8,10,11). The average molecular weight is 217 g/mol. The lowest BCUT2D eigenvalue weighted by atomic mass is 10.3. The molecule has 0 radical (unpaired) electrons. The van der Waals surface area contributed by atoms with Crippen molar-refractivity contribution in [1.82, 2.24) is 4.98 Å². The molecule has 0 fully saturated rings. The summed E-state index contributed by atoms with van der Waals surface area (Å²) < 4.78 is 22.0. The fourth-order valence-electron chi connectivity index (χ4n) is 0.805. The molecule has 0 aliphatic carbocycles. The van der Waals surface area contributed by atoms with Gasteiger partial charge in [-0.05, 0) is 12.1 Å². The number of rotatable bonds is 2. The van der Waals surface area contributed by atoms with Crippen LogP contribution < -0.4 is 10.9 Å². The third-order valence-corrected chi connectivity index (χ3v) is 2.45. The van der Waals surface area contributed by atoms with E-state index in [-0.39, 0.29) is 15.6 Å². The van der Waals surface area contributed by atoms with E-state index >= 15 is 0 Å². The molecule has 13 heavy (non-hydrogen) atoms. The van der Waals surface area contributed by atoms with Gasteiger partial charge in [-0.2, -0.15) is 0 Å². The van der Waals surface area contributed by atoms with Crippen LogP contribution in [0.4, 0.5) is 0 Å². The van der Waals surface area contributed by atoms with Crippen LogP contribution >= 0.6 is 12.2 Å². The van der Waals surface area contributed by atoms with Gasteiger partial charge in [-0.3, -0.25) is 4.98 Å². The topological polar surface area (TPSA) is 99.1 Å². The molecule has 0 unspecified atom stereocenters. The monoisotopic (exact) mass is 217 g/mol. The van der Waals surface area contributed by atoms with Crippen molar-refractivity contribution < 1.29 is 8.42 Å². The van der Waals surface area contributed by atoms with Gasteiger partial charge in [0.25, 0.3) is 0 Å². The Balaban J connectivity index is 3.46. The zero-order valence-corrected chi connectivity index (χ0v) is 8.10. The van der Waals surface area contributed by atoms with Crippen LogP contribution in [0.3, 0.4) is 0 Å². The summed E-state index contributed by atoms with van der Waals surface area (Å²) in [5.41, 5.74) is 5.29. The Hall–Kier alpha value is -1.05. The van der Waals surface area contributed by atoms with Crippen LogP contribution in [0.5, 0.6) is 0 Å². The highest BCUT2D eigenvalue weighted by Crippen LogP contribution is 2.09. The molecule has 0 atom stereocenters. The average Bonchev–Trinajstić information content (AvgIpc) is 2.03. The number of nitrogens with two attached hydrogens (primary N) is 2. The quantitative estimate of drug-likeness (QED) is 0.642. The lowest BCUT2D eigenvalue weighted by Crippen LogP contribution is -2.21. The zero-order valence-electron chi connectivity index (χ0n) is 6.47. The van der Waals surface area contributed by atoms with Gasteiger partial charge in [0.1, 0.15) is 15.6 Å². The van der Waals surface area contributed by atoms with Crippen molar-refractivity contribution in [1.29, 1.82) is 0 Å². The highest BCUT2D eigenvalue weighted by atomic mass is 32.2. The van der Waals surface area contributed by atoms with E-state index in [1.165, 1.54) is 18.3 Å². The summed E-state index contributed by atoms with van der Waals surface area (Å²) in [7, 11) is -3.81. The lowest BCUT2D eigenvalue weighted by Gasteiger charge is -2.03. The second-order valence-corrected chi connectivity index (χ2v) is 4.23. The third kappa shape index (κ3) is 2.20. The summed E-state index contributed by atoms with van der Waals surface area (Å²) in [6.45, 7) is 0. The van der Waals surface area contributed by atoms with Crippen LogP contribution in [0.2, 0.25) is 0 Å². The van der Waals surface area contributed by atoms with Crippen molar-refractivity contribution >= 4 is 27.2 Å². The van der Waals surface area contributed by atoms with Gasteiger partial charge in [0.2, 0.25) is 10.0 Å². The van der Waals surface area contributed by atoms with Gasteiger partial charge in [0.15, 0.2) is 0 Å². The molecular formula is C6H7N3O2S2. The van der Waals surface area contributed by atoms with Crippen LogP contribution in [0.15, 0.2) is 23.2 Å². The molecule has 1 aromatic heterocycles. The largest absolute Gasteiger partial charge is 0.388 e. The Bertz CT molecular complexity index is 441. The molecule has 7 heteroatoms. The Morgan fingerprint density at radius 3 is 2.54 bits per heavy atom. The van der Waals surface area contributed by atoms with Crippen LogP contribution in [0.1, 0.15) is 5.69 Å². The van der Waals surface area contributed by atoms with E-state index in [1.807, 2.05) is 0 Å². The van der Waals surface area contributed by atoms with Crippen molar-refractivity contribution in [2.24, 2.45) is 10.9 Å². The number of sulfonamides is 1. The molecule has 0 amide bonds. The summed E-state index contributed by atoms with van der Waals surface area (Å²) in [4.78, 5) is 3.48. The number of thiocarbonyl (C=S) groups is 1. The summed E-state index contributed by atoms with van der Waals surface area (Å²) in [5, 5.41) is 4.91. The van der Waals surface area contributed by atoms with Gasteiger partial charge in [-0.25, -0.2) is 13.6 Å². The highest BCUT2D eigenvalue weighted by Gasteiger charge is 2.15. The Kier molecular flexibility index (Phi) is 2.60. The van der Waals surface area contributed by atoms with Crippen LogP contribution in [0, 0.1) is 0 Å². The van der Waals surface area contributed by atoms with Gasteiger partial charge >= 0.3 is 0 Å². The van der Waals surface area contributed by atoms with Crippen LogP contribution in [-0.2, 0) is 10.0 Å². The first kappa shape index (κ1) is 10.0. The van der Waals surface area contributed by atoms with Gasteiger partial charge in [0.05, 0.1) is 0 Å². The van der Waals surface area contributed by atoms with Gasteiger partial charge in [-0.1, -0.05) is 12.2 Å². The molecule has 1 heterocycles. The molecule has 4 N–H and O–H groups in total. The Morgan fingerprint density at radius 2 is 2.15 bits per heavy atom. The maximum absolute atomic E-state index is 11.0. The normalized spacial score (nSPS) is 11.2. The SMILES string of the molecule is NC(=S)c1ncccc1S(N)(=O)=O. The molecule has 0 saturated carbocycles. The van der Waals surface area contributed by atoms with E-state index in [0.29, 0.717) is 0 Å². The third-order valence-electron chi connectivity index (χ3n) is 1.31. The first-order valence-electron chi connectivity index (χ1n) is 3.20. The van der Waals surface area contributed by atoms with Crippen molar-refractivity contribution in [3.8, 4) is 0 Å². The molecule has 70 valence electrons. The molecular weight excluding hydrogens is 210 g/mol.